The van der Waals surface area contributed by atoms with Crippen LogP contribution in [-0.4, -0.2) is 50.8 Å². The number of hydrogen-bond acceptors (Lipinski definition) is 7. The van der Waals surface area contributed by atoms with Crippen molar-refractivity contribution in [1.82, 2.24) is 19.8 Å². The Morgan fingerprint density at radius 1 is 1.23 bits per heavy atom. The zero-order chi connectivity index (χ0) is 20.9. The van der Waals surface area contributed by atoms with Gasteiger partial charge in [-0.25, -0.2) is 4.98 Å². The molecule has 0 N–H and O–H groups in total. The summed E-state index contributed by atoms with van der Waals surface area (Å²) in [6.45, 7) is 4.08. The summed E-state index contributed by atoms with van der Waals surface area (Å²) in [6.07, 6.45) is 4.02. The van der Waals surface area contributed by atoms with Crippen LogP contribution in [0.2, 0.25) is 0 Å². The van der Waals surface area contributed by atoms with Gasteiger partial charge in [0.1, 0.15) is 17.1 Å². The molecule has 3 aromatic heterocycles. The van der Waals surface area contributed by atoms with Crippen LogP contribution in [0, 0.1) is 0 Å². The van der Waals surface area contributed by atoms with E-state index in [1.807, 2.05) is 35.2 Å². The van der Waals surface area contributed by atoms with E-state index in [1.165, 1.54) is 11.3 Å². The predicted octanol–water partition coefficient (Wildman–Crippen LogP) is 4.42. The lowest BCUT2D eigenvalue weighted by Crippen LogP contribution is -2.54. The molecule has 8 heteroatoms. The van der Waals surface area contributed by atoms with Crippen LogP contribution in [0.25, 0.3) is 21.3 Å². The van der Waals surface area contributed by atoms with Crippen molar-refractivity contribution in [3.05, 3.63) is 48.4 Å². The van der Waals surface area contributed by atoms with E-state index in [1.54, 1.807) is 13.1 Å². The SMILES string of the molecule is CC(=O)N1CC2CC[C@H](C1)N2Cc1cc2ccc(Oc3nc4ncccc4s3)cc2o1. The second-order valence-corrected chi connectivity index (χ2v) is 9.29. The maximum absolute atomic E-state index is 11.8. The van der Waals surface area contributed by atoms with Gasteiger partial charge in [-0.1, -0.05) is 11.3 Å². The van der Waals surface area contributed by atoms with Gasteiger partial charge in [-0.3, -0.25) is 9.69 Å². The van der Waals surface area contributed by atoms with Gasteiger partial charge in [-0.05, 0) is 43.2 Å². The molecule has 2 saturated heterocycles. The molecular weight excluding hydrogens is 412 g/mol. The third-order valence-corrected chi connectivity index (χ3v) is 7.20. The minimum absolute atomic E-state index is 0.178. The number of thiazole rings is 1. The van der Waals surface area contributed by atoms with Gasteiger partial charge >= 0.3 is 0 Å². The molecule has 1 aromatic carbocycles. The summed E-state index contributed by atoms with van der Waals surface area (Å²) in [5.74, 6) is 1.82. The lowest BCUT2D eigenvalue weighted by molar-refractivity contribution is -0.132. The average Bonchev–Trinajstić information content (AvgIpc) is 3.40. The number of benzene rings is 1. The van der Waals surface area contributed by atoms with Gasteiger partial charge in [0.15, 0.2) is 5.65 Å². The normalized spacial score (nSPS) is 21.3. The van der Waals surface area contributed by atoms with Crippen LogP contribution >= 0.6 is 11.3 Å². The number of piperazine rings is 1. The Balaban J connectivity index is 1.20. The number of pyridine rings is 1. The maximum Gasteiger partial charge on any atom is 0.281 e. The third kappa shape index (κ3) is 3.45. The van der Waals surface area contributed by atoms with Crippen LogP contribution in [0.5, 0.6) is 10.9 Å². The van der Waals surface area contributed by atoms with Gasteiger partial charge in [0.2, 0.25) is 5.91 Å². The van der Waals surface area contributed by atoms with Crippen molar-refractivity contribution in [3.8, 4) is 10.9 Å². The number of carbonyl (C=O) groups excluding carboxylic acids is 1. The van der Waals surface area contributed by atoms with Crippen LogP contribution in [0.4, 0.5) is 0 Å². The molecule has 0 aliphatic carbocycles. The smallest absolute Gasteiger partial charge is 0.281 e. The Labute approximate surface area is 183 Å². The third-order valence-electron chi connectivity index (χ3n) is 6.31. The van der Waals surface area contributed by atoms with E-state index in [-0.39, 0.29) is 5.91 Å². The van der Waals surface area contributed by atoms with E-state index in [2.05, 4.69) is 20.9 Å². The zero-order valence-electron chi connectivity index (χ0n) is 17.2. The molecule has 0 radical (unpaired) electrons. The molecule has 2 aliphatic heterocycles. The van der Waals surface area contributed by atoms with Crippen LogP contribution < -0.4 is 4.74 Å². The van der Waals surface area contributed by atoms with Crippen molar-refractivity contribution in [1.29, 1.82) is 0 Å². The standard InChI is InChI=1S/C23H22N4O3S/c1-14(28)26-11-16-5-6-17(12-26)27(16)13-19-9-15-4-7-18(10-20(15)29-19)30-23-25-22-21(31-23)3-2-8-24-22/h2-4,7-10,16-17H,5-6,11-13H2,1H3/t16-,17?/m1/s1. The topological polar surface area (TPSA) is 71.7 Å². The number of amides is 1. The number of nitrogens with zero attached hydrogens (tertiary/aromatic N) is 4. The van der Waals surface area contributed by atoms with Gasteiger partial charge < -0.3 is 14.1 Å². The quantitative estimate of drug-likeness (QED) is 0.473. The number of furan rings is 1. The van der Waals surface area contributed by atoms with Crippen LogP contribution in [0.15, 0.2) is 47.0 Å². The van der Waals surface area contributed by atoms with Crippen molar-refractivity contribution in [3.63, 3.8) is 0 Å². The Bertz CT molecular complexity index is 1240. The Morgan fingerprint density at radius 3 is 2.84 bits per heavy atom. The molecule has 1 amide bonds. The van der Waals surface area contributed by atoms with E-state index in [0.717, 1.165) is 53.9 Å². The summed E-state index contributed by atoms with van der Waals surface area (Å²) in [5, 5.41) is 1.63. The van der Waals surface area contributed by atoms with Crippen LogP contribution in [-0.2, 0) is 11.3 Å². The minimum Gasteiger partial charge on any atom is -0.460 e. The summed E-state index contributed by atoms with van der Waals surface area (Å²) in [4.78, 5) is 25.0. The van der Waals surface area contributed by atoms with Crippen LogP contribution in [0.1, 0.15) is 25.5 Å². The van der Waals surface area contributed by atoms with E-state index < -0.39 is 0 Å². The highest BCUT2D eigenvalue weighted by molar-refractivity contribution is 7.20. The molecule has 2 bridgehead atoms. The van der Waals surface area contributed by atoms with E-state index in [9.17, 15) is 4.79 Å². The van der Waals surface area contributed by atoms with Gasteiger partial charge in [0, 0.05) is 49.7 Å². The first-order valence-corrected chi connectivity index (χ1v) is 11.4. The fourth-order valence-electron chi connectivity index (χ4n) is 4.79. The molecule has 6 rings (SSSR count). The second kappa shape index (κ2) is 7.32. The number of aromatic nitrogens is 2. The molecule has 5 heterocycles. The van der Waals surface area contributed by atoms with Crippen molar-refractivity contribution in [2.75, 3.05) is 13.1 Å². The maximum atomic E-state index is 11.8. The summed E-state index contributed by atoms with van der Waals surface area (Å²) in [7, 11) is 0. The molecule has 2 atom stereocenters. The highest BCUT2D eigenvalue weighted by Gasteiger charge is 2.40. The van der Waals surface area contributed by atoms with E-state index >= 15 is 0 Å². The number of carbonyl (C=O) groups is 1. The van der Waals surface area contributed by atoms with Gasteiger partial charge in [-0.15, -0.1) is 0 Å². The van der Waals surface area contributed by atoms with E-state index in [0.29, 0.717) is 28.7 Å². The minimum atomic E-state index is 0.178. The first-order valence-electron chi connectivity index (χ1n) is 10.6. The molecule has 2 fully saturated rings. The van der Waals surface area contributed by atoms with Crippen molar-refractivity contribution < 1.29 is 13.9 Å². The predicted molar refractivity (Wildman–Crippen MR) is 118 cm³/mol. The highest BCUT2D eigenvalue weighted by Crippen LogP contribution is 2.35. The van der Waals surface area contributed by atoms with Gasteiger partial charge in [0.25, 0.3) is 5.19 Å². The van der Waals surface area contributed by atoms with Gasteiger partial charge in [0.05, 0.1) is 11.2 Å². The summed E-state index contributed by atoms with van der Waals surface area (Å²) in [6, 6.07) is 12.7. The Hall–Kier alpha value is -2.97. The fourth-order valence-corrected chi connectivity index (χ4v) is 5.58. The molecule has 2 aliphatic rings. The van der Waals surface area contributed by atoms with Crippen molar-refractivity contribution >= 4 is 38.6 Å². The molecule has 4 aromatic rings. The monoisotopic (exact) mass is 434 g/mol. The number of fused-ring (bicyclic) bond motifs is 4. The fraction of sp³-hybridized carbons (Fsp3) is 0.348. The Morgan fingerprint density at radius 2 is 2.06 bits per heavy atom. The molecule has 0 saturated carbocycles. The molecule has 1 unspecified atom stereocenters. The lowest BCUT2D eigenvalue weighted by Gasteiger charge is -2.40. The molecule has 158 valence electrons. The zero-order valence-corrected chi connectivity index (χ0v) is 18.0. The van der Waals surface area contributed by atoms with Crippen LogP contribution in [0.3, 0.4) is 0 Å². The highest BCUT2D eigenvalue weighted by atomic mass is 32.1. The summed E-state index contributed by atoms with van der Waals surface area (Å²) in [5.41, 5.74) is 1.50. The molecular formula is C23H22N4O3S. The van der Waals surface area contributed by atoms with E-state index in [4.69, 9.17) is 9.15 Å². The van der Waals surface area contributed by atoms with Gasteiger partial charge in [-0.2, -0.15) is 4.98 Å². The number of rotatable bonds is 4. The Kier molecular flexibility index (Phi) is 4.43. The van der Waals surface area contributed by atoms with Crippen molar-refractivity contribution in [2.24, 2.45) is 0 Å². The second-order valence-electron chi connectivity index (χ2n) is 8.30. The number of likely N-dealkylation sites (tertiary alicyclic amines) is 1. The molecule has 0 spiro atoms. The number of hydrogen-bond donors (Lipinski definition) is 0. The first-order chi connectivity index (χ1) is 15.1. The summed E-state index contributed by atoms with van der Waals surface area (Å²) >= 11 is 1.47. The average molecular weight is 435 g/mol. The molecule has 7 nitrogen and oxygen atoms in total. The molecule has 31 heavy (non-hydrogen) atoms. The van der Waals surface area contributed by atoms with Crippen molar-refractivity contribution in [2.45, 2.75) is 38.4 Å². The largest absolute Gasteiger partial charge is 0.460 e. The number of ether oxygens (including phenoxy) is 1. The lowest BCUT2D eigenvalue weighted by atomic mass is 10.1. The summed E-state index contributed by atoms with van der Waals surface area (Å²) < 4.78 is 13.1. The first kappa shape index (κ1) is 18.8.